The standard InChI is InChI=1S/C21H24ClNO3/c1-13(2)20(16-8-10-17(22)11-9-16)21(25)26-12-19(24)23-18-7-5-6-14(3)15(18)4/h5-11,13,20H,12H2,1-4H3,(H,23,24)/t20-/m0/s1. The number of amides is 1. The van der Waals surface area contributed by atoms with Gasteiger partial charge in [-0.3, -0.25) is 9.59 Å². The summed E-state index contributed by atoms with van der Waals surface area (Å²) in [4.78, 5) is 24.7. The zero-order valence-corrected chi connectivity index (χ0v) is 16.3. The van der Waals surface area contributed by atoms with Gasteiger partial charge in [0, 0.05) is 10.7 Å². The number of carbonyl (C=O) groups is 2. The minimum atomic E-state index is -0.444. The molecule has 26 heavy (non-hydrogen) atoms. The molecule has 0 saturated heterocycles. The smallest absolute Gasteiger partial charge is 0.314 e. The molecule has 0 radical (unpaired) electrons. The molecule has 1 N–H and O–H groups in total. The molecule has 0 saturated carbocycles. The highest BCUT2D eigenvalue weighted by molar-refractivity contribution is 6.30. The van der Waals surface area contributed by atoms with Gasteiger partial charge in [0.1, 0.15) is 0 Å². The van der Waals surface area contributed by atoms with Crippen molar-refractivity contribution < 1.29 is 14.3 Å². The summed E-state index contributed by atoms with van der Waals surface area (Å²) < 4.78 is 5.27. The molecule has 2 aromatic rings. The molecular formula is C21H24ClNO3. The third-order valence-electron chi connectivity index (χ3n) is 4.37. The molecule has 0 aliphatic heterocycles. The lowest BCUT2D eigenvalue weighted by molar-refractivity contribution is -0.149. The molecule has 0 aromatic heterocycles. The van der Waals surface area contributed by atoms with Gasteiger partial charge in [0.15, 0.2) is 6.61 Å². The normalized spacial score (nSPS) is 11.9. The third kappa shape index (κ3) is 5.09. The highest BCUT2D eigenvalue weighted by atomic mass is 35.5. The molecule has 5 heteroatoms. The molecule has 0 fully saturated rings. The fourth-order valence-electron chi connectivity index (χ4n) is 2.76. The summed E-state index contributed by atoms with van der Waals surface area (Å²) in [6.45, 7) is 7.48. The fourth-order valence-corrected chi connectivity index (χ4v) is 2.89. The van der Waals surface area contributed by atoms with E-state index in [0.717, 1.165) is 22.4 Å². The molecule has 4 nitrogen and oxygen atoms in total. The van der Waals surface area contributed by atoms with E-state index in [1.807, 2.05) is 58.0 Å². The Labute approximate surface area is 159 Å². The molecule has 0 spiro atoms. The van der Waals surface area contributed by atoms with Crippen LogP contribution in [0.1, 0.15) is 36.5 Å². The fraction of sp³-hybridized carbons (Fsp3) is 0.333. The monoisotopic (exact) mass is 373 g/mol. The highest BCUT2D eigenvalue weighted by Crippen LogP contribution is 2.27. The second-order valence-electron chi connectivity index (χ2n) is 6.68. The van der Waals surface area contributed by atoms with Crippen LogP contribution in [0.2, 0.25) is 5.02 Å². The van der Waals surface area contributed by atoms with Crippen molar-refractivity contribution in [3.05, 3.63) is 64.2 Å². The van der Waals surface area contributed by atoms with Crippen LogP contribution >= 0.6 is 11.6 Å². The summed E-state index contributed by atoms with van der Waals surface area (Å²) in [6, 6.07) is 12.8. The van der Waals surface area contributed by atoms with Gasteiger partial charge in [-0.25, -0.2) is 0 Å². The quantitative estimate of drug-likeness (QED) is 0.734. The minimum absolute atomic E-state index is 0.0331. The number of ether oxygens (including phenoxy) is 1. The van der Waals surface area contributed by atoms with Crippen LogP contribution in [-0.4, -0.2) is 18.5 Å². The van der Waals surface area contributed by atoms with Crippen LogP contribution in [-0.2, 0) is 14.3 Å². The van der Waals surface area contributed by atoms with E-state index < -0.39 is 11.9 Å². The van der Waals surface area contributed by atoms with Gasteiger partial charge in [0.25, 0.3) is 5.91 Å². The number of anilines is 1. The van der Waals surface area contributed by atoms with Crippen LogP contribution in [0.15, 0.2) is 42.5 Å². The van der Waals surface area contributed by atoms with Gasteiger partial charge in [0.05, 0.1) is 5.92 Å². The third-order valence-corrected chi connectivity index (χ3v) is 4.63. The van der Waals surface area contributed by atoms with Gasteiger partial charge in [0.2, 0.25) is 0 Å². The molecule has 0 heterocycles. The van der Waals surface area contributed by atoms with E-state index in [-0.39, 0.29) is 18.4 Å². The Morgan fingerprint density at radius 3 is 2.35 bits per heavy atom. The SMILES string of the molecule is Cc1cccc(NC(=O)COC(=O)[C@H](c2ccc(Cl)cc2)C(C)C)c1C. The van der Waals surface area contributed by atoms with E-state index in [2.05, 4.69) is 5.32 Å². The van der Waals surface area contributed by atoms with E-state index in [1.165, 1.54) is 0 Å². The van der Waals surface area contributed by atoms with Crippen molar-refractivity contribution in [1.82, 2.24) is 0 Å². The van der Waals surface area contributed by atoms with Crippen LogP contribution in [0.3, 0.4) is 0 Å². The first kappa shape index (κ1) is 20.0. The number of halogens is 1. The van der Waals surface area contributed by atoms with E-state index >= 15 is 0 Å². The maximum Gasteiger partial charge on any atom is 0.314 e. The van der Waals surface area contributed by atoms with E-state index in [1.54, 1.807) is 12.1 Å². The van der Waals surface area contributed by atoms with Crippen molar-refractivity contribution in [2.45, 2.75) is 33.6 Å². The first-order valence-corrected chi connectivity index (χ1v) is 8.95. The summed E-state index contributed by atoms with van der Waals surface area (Å²) in [7, 11) is 0. The molecule has 0 bridgehead atoms. The van der Waals surface area contributed by atoms with Gasteiger partial charge < -0.3 is 10.1 Å². The summed E-state index contributed by atoms with van der Waals surface area (Å²) in [6.07, 6.45) is 0. The topological polar surface area (TPSA) is 55.4 Å². The van der Waals surface area contributed by atoms with Gasteiger partial charge in [-0.1, -0.05) is 49.7 Å². The van der Waals surface area contributed by atoms with Crippen LogP contribution in [0, 0.1) is 19.8 Å². The first-order chi connectivity index (χ1) is 12.3. The zero-order chi connectivity index (χ0) is 19.3. The lowest BCUT2D eigenvalue weighted by Crippen LogP contribution is -2.26. The van der Waals surface area contributed by atoms with Crippen molar-refractivity contribution in [2.24, 2.45) is 5.92 Å². The van der Waals surface area contributed by atoms with Crippen LogP contribution in [0.4, 0.5) is 5.69 Å². The molecule has 0 aliphatic carbocycles. The van der Waals surface area contributed by atoms with Gasteiger partial charge in [-0.2, -0.15) is 0 Å². The molecule has 2 aromatic carbocycles. The summed E-state index contributed by atoms with van der Waals surface area (Å²) in [5.41, 5.74) is 3.63. The van der Waals surface area contributed by atoms with Crippen molar-refractivity contribution in [2.75, 3.05) is 11.9 Å². The lowest BCUT2D eigenvalue weighted by Gasteiger charge is -2.20. The number of hydrogen-bond acceptors (Lipinski definition) is 3. The number of benzene rings is 2. The first-order valence-electron chi connectivity index (χ1n) is 8.57. The maximum absolute atomic E-state index is 12.5. The van der Waals surface area contributed by atoms with E-state index in [9.17, 15) is 9.59 Å². The Hall–Kier alpha value is -2.33. The Kier molecular flexibility index (Phi) is 6.81. The minimum Gasteiger partial charge on any atom is -0.455 e. The average Bonchev–Trinajstić information content (AvgIpc) is 2.59. The number of esters is 1. The number of hydrogen-bond donors (Lipinski definition) is 1. The van der Waals surface area contributed by atoms with Crippen molar-refractivity contribution in [3.63, 3.8) is 0 Å². The van der Waals surface area contributed by atoms with Gasteiger partial charge >= 0.3 is 5.97 Å². The summed E-state index contributed by atoms with van der Waals surface area (Å²) in [5.74, 6) is -1.18. The second kappa shape index (κ2) is 8.86. The second-order valence-corrected chi connectivity index (χ2v) is 7.11. The van der Waals surface area contributed by atoms with Crippen LogP contribution < -0.4 is 5.32 Å². The van der Waals surface area contributed by atoms with Crippen molar-refractivity contribution in [1.29, 1.82) is 0 Å². The summed E-state index contributed by atoms with van der Waals surface area (Å²) in [5, 5.41) is 3.40. The van der Waals surface area contributed by atoms with E-state index in [4.69, 9.17) is 16.3 Å². The molecule has 138 valence electrons. The number of rotatable bonds is 6. The van der Waals surface area contributed by atoms with Gasteiger partial charge in [-0.05, 0) is 54.7 Å². The predicted octanol–water partition coefficient (Wildman–Crippen LogP) is 4.88. The largest absolute Gasteiger partial charge is 0.455 e. The molecule has 0 aliphatic rings. The van der Waals surface area contributed by atoms with Gasteiger partial charge in [-0.15, -0.1) is 0 Å². The maximum atomic E-state index is 12.5. The Balaban J connectivity index is 2.00. The Bertz CT molecular complexity index is 784. The molecule has 1 amide bonds. The average molecular weight is 374 g/mol. The number of carbonyl (C=O) groups excluding carboxylic acids is 2. The predicted molar refractivity (Wildman–Crippen MR) is 105 cm³/mol. The molecule has 2 rings (SSSR count). The lowest BCUT2D eigenvalue weighted by atomic mass is 9.88. The molecule has 1 atom stereocenters. The van der Waals surface area contributed by atoms with Crippen molar-refractivity contribution >= 4 is 29.2 Å². The van der Waals surface area contributed by atoms with Crippen LogP contribution in [0.5, 0.6) is 0 Å². The molecule has 0 unspecified atom stereocenters. The van der Waals surface area contributed by atoms with E-state index in [0.29, 0.717) is 5.02 Å². The van der Waals surface area contributed by atoms with Crippen molar-refractivity contribution in [3.8, 4) is 0 Å². The number of nitrogens with one attached hydrogen (secondary N) is 1. The Morgan fingerprint density at radius 1 is 1.08 bits per heavy atom. The Morgan fingerprint density at radius 2 is 1.73 bits per heavy atom. The number of aryl methyl sites for hydroxylation is 1. The van der Waals surface area contributed by atoms with Crippen LogP contribution in [0.25, 0.3) is 0 Å². The highest BCUT2D eigenvalue weighted by Gasteiger charge is 2.26. The zero-order valence-electron chi connectivity index (χ0n) is 15.5. The summed E-state index contributed by atoms with van der Waals surface area (Å²) >= 11 is 5.91. The molecular weight excluding hydrogens is 350 g/mol.